The molecule has 0 heterocycles. The van der Waals surface area contributed by atoms with Crippen molar-refractivity contribution in [3.8, 4) is 5.75 Å². The first-order valence-corrected chi connectivity index (χ1v) is 5.84. The maximum absolute atomic E-state index is 12.7. The van der Waals surface area contributed by atoms with E-state index in [1.54, 1.807) is 20.0 Å². The maximum atomic E-state index is 12.7. The van der Waals surface area contributed by atoms with Crippen molar-refractivity contribution in [2.24, 2.45) is 0 Å². The van der Waals surface area contributed by atoms with Gasteiger partial charge >= 0.3 is 6.18 Å². The summed E-state index contributed by atoms with van der Waals surface area (Å²) in [6.07, 6.45) is -4.02. The summed E-state index contributed by atoms with van der Waals surface area (Å²) in [5.41, 5.74) is -0.728. The van der Waals surface area contributed by atoms with Crippen LogP contribution in [0.2, 0.25) is 0 Å². The van der Waals surface area contributed by atoms with Crippen LogP contribution in [-0.4, -0.2) is 19.2 Å². The van der Waals surface area contributed by atoms with Crippen molar-refractivity contribution in [1.82, 2.24) is 5.32 Å². The Kier molecular flexibility index (Phi) is 5.02. The van der Waals surface area contributed by atoms with Gasteiger partial charge in [0, 0.05) is 6.04 Å². The fourth-order valence-electron chi connectivity index (χ4n) is 1.68. The van der Waals surface area contributed by atoms with Crippen LogP contribution in [0.25, 0.3) is 0 Å². The molecule has 18 heavy (non-hydrogen) atoms. The minimum atomic E-state index is -4.38. The van der Waals surface area contributed by atoms with Gasteiger partial charge in [0.1, 0.15) is 5.75 Å². The number of alkyl halides is 3. The van der Waals surface area contributed by atoms with E-state index in [-0.39, 0.29) is 17.9 Å². The highest BCUT2D eigenvalue weighted by Gasteiger charge is 2.34. The van der Waals surface area contributed by atoms with Gasteiger partial charge in [-0.2, -0.15) is 13.2 Å². The van der Waals surface area contributed by atoms with Crippen molar-refractivity contribution < 1.29 is 17.9 Å². The lowest BCUT2D eigenvalue weighted by Crippen LogP contribution is -2.28. The molecule has 0 saturated carbocycles. The van der Waals surface area contributed by atoms with Crippen LogP contribution in [0.5, 0.6) is 5.75 Å². The molecular weight excluding hydrogens is 243 g/mol. The van der Waals surface area contributed by atoms with Crippen molar-refractivity contribution in [1.29, 1.82) is 0 Å². The van der Waals surface area contributed by atoms with Gasteiger partial charge in [-0.05, 0) is 39.4 Å². The summed E-state index contributed by atoms with van der Waals surface area (Å²) in [5.74, 6) is -0.110. The Bertz CT molecular complexity index is 379. The first-order valence-electron chi connectivity index (χ1n) is 5.84. The Labute approximate surface area is 105 Å². The lowest BCUT2D eigenvalue weighted by Gasteiger charge is -2.21. The monoisotopic (exact) mass is 261 g/mol. The molecule has 0 fully saturated rings. The predicted molar refractivity (Wildman–Crippen MR) is 64.7 cm³/mol. The van der Waals surface area contributed by atoms with Gasteiger partial charge < -0.3 is 10.1 Å². The number of hydrogen-bond donors (Lipinski definition) is 1. The molecule has 1 rings (SSSR count). The van der Waals surface area contributed by atoms with E-state index in [1.165, 1.54) is 12.1 Å². The first kappa shape index (κ1) is 14.8. The predicted octanol–water partition coefficient (Wildman–Crippen LogP) is 3.47. The van der Waals surface area contributed by atoms with Gasteiger partial charge in [-0.15, -0.1) is 0 Å². The zero-order valence-electron chi connectivity index (χ0n) is 10.7. The summed E-state index contributed by atoms with van der Waals surface area (Å²) in [4.78, 5) is 0. The van der Waals surface area contributed by atoms with Gasteiger partial charge in [-0.1, -0.05) is 12.1 Å². The number of ether oxygens (including phenoxy) is 1. The molecule has 0 aliphatic rings. The molecule has 1 aromatic carbocycles. The molecule has 0 aliphatic heterocycles. The van der Waals surface area contributed by atoms with E-state index in [1.807, 2.05) is 6.92 Å². The summed E-state index contributed by atoms with van der Waals surface area (Å²) < 4.78 is 43.6. The molecule has 102 valence electrons. The molecule has 0 spiro atoms. The summed E-state index contributed by atoms with van der Waals surface area (Å²) in [7, 11) is 1.81. The lowest BCUT2D eigenvalue weighted by atomic mass is 10.1. The number of hydrogen-bond acceptors (Lipinski definition) is 2. The van der Waals surface area contributed by atoms with Crippen molar-refractivity contribution >= 4 is 0 Å². The molecule has 0 radical (unpaired) electrons. The molecular formula is C13H18F3NO. The molecule has 0 bridgehead atoms. The van der Waals surface area contributed by atoms with Gasteiger partial charge in [0.05, 0.1) is 11.7 Å². The Morgan fingerprint density at radius 2 is 1.83 bits per heavy atom. The number of halogens is 3. The normalized spacial score (nSPS) is 15.2. The molecule has 1 N–H and O–H groups in total. The fourth-order valence-corrected chi connectivity index (χ4v) is 1.68. The Morgan fingerprint density at radius 1 is 1.22 bits per heavy atom. The summed E-state index contributed by atoms with van der Waals surface area (Å²) in [6, 6.07) is 5.47. The SMILES string of the molecule is CNC(C)CC(C)Oc1ccccc1C(F)(F)F. The number of benzene rings is 1. The summed E-state index contributed by atoms with van der Waals surface area (Å²) in [5, 5.41) is 3.02. The highest BCUT2D eigenvalue weighted by atomic mass is 19.4. The van der Waals surface area contributed by atoms with Crippen LogP contribution in [-0.2, 0) is 6.18 Å². The number of para-hydroxylation sites is 1. The molecule has 2 unspecified atom stereocenters. The largest absolute Gasteiger partial charge is 0.490 e. The second-order valence-electron chi connectivity index (χ2n) is 4.35. The summed E-state index contributed by atoms with van der Waals surface area (Å²) in [6.45, 7) is 3.72. The third kappa shape index (κ3) is 4.22. The molecule has 5 heteroatoms. The third-order valence-corrected chi connectivity index (χ3v) is 2.70. The van der Waals surface area contributed by atoms with E-state index >= 15 is 0 Å². The van der Waals surface area contributed by atoms with Gasteiger partial charge in [-0.3, -0.25) is 0 Å². The Morgan fingerprint density at radius 3 is 2.39 bits per heavy atom. The molecule has 2 nitrogen and oxygen atoms in total. The van der Waals surface area contributed by atoms with Crippen molar-refractivity contribution in [2.75, 3.05) is 7.05 Å². The van der Waals surface area contributed by atoms with E-state index in [0.717, 1.165) is 6.07 Å². The van der Waals surface area contributed by atoms with Crippen LogP contribution >= 0.6 is 0 Å². The summed E-state index contributed by atoms with van der Waals surface area (Å²) >= 11 is 0. The highest BCUT2D eigenvalue weighted by Crippen LogP contribution is 2.36. The quantitative estimate of drug-likeness (QED) is 0.876. The molecule has 2 atom stereocenters. The zero-order chi connectivity index (χ0) is 13.8. The van der Waals surface area contributed by atoms with Gasteiger partial charge in [0.25, 0.3) is 0 Å². The second-order valence-corrected chi connectivity index (χ2v) is 4.35. The molecule has 0 aliphatic carbocycles. The van der Waals surface area contributed by atoms with E-state index in [2.05, 4.69) is 5.32 Å². The Balaban J connectivity index is 2.78. The molecule has 1 aromatic rings. The molecule has 0 aromatic heterocycles. The van der Waals surface area contributed by atoms with Crippen LogP contribution in [0.1, 0.15) is 25.8 Å². The van der Waals surface area contributed by atoms with Crippen molar-refractivity contribution in [3.05, 3.63) is 29.8 Å². The highest BCUT2D eigenvalue weighted by molar-refractivity contribution is 5.35. The Hall–Kier alpha value is -1.23. The first-order chi connectivity index (χ1) is 8.34. The van der Waals surface area contributed by atoms with Crippen molar-refractivity contribution in [3.63, 3.8) is 0 Å². The second kappa shape index (κ2) is 6.09. The standard InChI is InChI=1S/C13H18F3NO/c1-9(17-3)8-10(2)18-12-7-5-4-6-11(12)13(14,15)16/h4-7,9-10,17H,8H2,1-3H3. The minimum absolute atomic E-state index is 0.110. The molecule has 0 saturated heterocycles. The average molecular weight is 261 g/mol. The van der Waals surface area contributed by atoms with Crippen LogP contribution in [0.3, 0.4) is 0 Å². The molecule has 0 amide bonds. The van der Waals surface area contributed by atoms with E-state index in [4.69, 9.17) is 4.74 Å². The van der Waals surface area contributed by atoms with Crippen molar-refractivity contribution in [2.45, 2.75) is 38.6 Å². The van der Waals surface area contributed by atoms with Gasteiger partial charge in [-0.25, -0.2) is 0 Å². The topological polar surface area (TPSA) is 21.3 Å². The van der Waals surface area contributed by atoms with Crippen LogP contribution in [0.15, 0.2) is 24.3 Å². The lowest BCUT2D eigenvalue weighted by molar-refractivity contribution is -0.139. The van der Waals surface area contributed by atoms with Gasteiger partial charge in [0.15, 0.2) is 0 Å². The van der Waals surface area contributed by atoms with Gasteiger partial charge in [0.2, 0.25) is 0 Å². The van der Waals surface area contributed by atoms with Crippen LogP contribution < -0.4 is 10.1 Å². The van der Waals surface area contributed by atoms with Crippen LogP contribution in [0.4, 0.5) is 13.2 Å². The average Bonchev–Trinajstić information content (AvgIpc) is 2.27. The number of rotatable bonds is 5. The maximum Gasteiger partial charge on any atom is 0.419 e. The van der Waals surface area contributed by atoms with Crippen LogP contribution in [0, 0.1) is 0 Å². The third-order valence-electron chi connectivity index (χ3n) is 2.70. The van der Waals surface area contributed by atoms with E-state index in [9.17, 15) is 13.2 Å². The van der Waals surface area contributed by atoms with E-state index in [0.29, 0.717) is 6.42 Å². The van der Waals surface area contributed by atoms with E-state index < -0.39 is 11.7 Å². The zero-order valence-corrected chi connectivity index (χ0v) is 10.7. The minimum Gasteiger partial charge on any atom is -0.490 e. The smallest absolute Gasteiger partial charge is 0.419 e. The fraction of sp³-hybridized carbons (Fsp3) is 0.538. The number of nitrogens with one attached hydrogen (secondary N) is 1.